The van der Waals surface area contributed by atoms with Gasteiger partial charge in [-0.1, -0.05) is 279 Å². The topological polar surface area (TPSA) is 177 Å². The molecule has 21 aromatic carbocycles. The molecule has 0 aliphatic carbocycles. The molecule has 0 fully saturated rings. The first-order valence-electron chi connectivity index (χ1n) is 48.1. The van der Waals surface area contributed by atoms with Crippen LogP contribution in [0.25, 0.3) is 237 Å². The fourth-order valence-electron chi connectivity index (χ4n) is 22.3. The van der Waals surface area contributed by atoms with Gasteiger partial charge < -0.3 is 27.4 Å². The fraction of sp³-hybridized carbons (Fsp3) is 0. The summed E-state index contributed by atoms with van der Waals surface area (Å²) in [4.78, 5) is 3.71. The first-order valence-corrected chi connectivity index (χ1v) is 48.1. The maximum Gasteiger partial charge on any atom is 0.189 e. The number of rotatable bonds is 12. The molecule has 13 nitrogen and oxygen atoms in total. The molecule has 0 aliphatic rings. The van der Waals surface area contributed by atoms with E-state index < -0.39 is 0 Å². The number of fused-ring (bicyclic) bond motifs is 18. The molecule has 0 saturated heterocycles. The van der Waals surface area contributed by atoms with Crippen LogP contribution >= 0.6 is 0 Å². The Morgan fingerprint density at radius 3 is 0.788 bits per heavy atom. The van der Waals surface area contributed by atoms with Crippen LogP contribution in [-0.2, 0) is 0 Å². The molecule has 6 aromatic heterocycles. The first-order chi connectivity index (χ1) is 72.2. The lowest BCUT2D eigenvalue weighted by Gasteiger charge is -2.17. The Hall–Kier alpha value is -21.1. The highest BCUT2D eigenvalue weighted by Crippen LogP contribution is 2.51. The van der Waals surface area contributed by atoms with Gasteiger partial charge in [0.05, 0.1) is 159 Å². The molecule has 0 aliphatic heterocycles. The summed E-state index contributed by atoms with van der Waals surface area (Å²) >= 11 is 0. The minimum absolute atomic E-state index is 0.573. The van der Waals surface area contributed by atoms with Gasteiger partial charge in [0.2, 0.25) is 0 Å². The van der Waals surface area contributed by atoms with Crippen molar-refractivity contribution in [2.24, 2.45) is 0 Å². The van der Waals surface area contributed by atoms with E-state index in [0.717, 1.165) is 216 Å². The average Bonchev–Trinajstić information content (AvgIpc) is 1.58. The van der Waals surface area contributed by atoms with Crippen molar-refractivity contribution in [3.63, 3.8) is 0 Å². The number of nitrogens with zero attached hydrogens (tertiary/aromatic N) is 13. The zero-order chi connectivity index (χ0) is 98.2. The van der Waals surface area contributed by atoms with Crippen LogP contribution in [0.4, 0.5) is 5.69 Å². The summed E-state index contributed by atoms with van der Waals surface area (Å²) in [6, 6.07) is 174. The summed E-state index contributed by atoms with van der Waals surface area (Å²) in [5.74, 6) is 0. The van der Waals surface area contributed by atoms with E-state index in [0.29, 0.717) is 39.1 Å². The smallest absolute Gasteiger partial charge is 0.189 e. The Bertz CT molecular complexity index is 10500. The van der Waals surface area contributed by atoms with Crippen LogP contribution in [-0.4, -0.2) is 27.4 Å². The number of para-hydroxylation sites is 9. The maximum atomic E-state index is 10.1. The van der Waals surface area contributed by atoms with Crippen molar-refractivity contribution in [3.05, 3.63) is 512 Å². The normalized spacial score (nSPS) is 11.2. The summed E-state index contributed by atoms with van der Waals surface area (Å²) in [6.07, 6.45) is 0. The highest BCUT2D eigenvalue weighted by molar-refractivity contribution is 6.22. The van der Waals surface area contributed by atoms with E-state index in [1.165, 1.54) is 16.2 Å². The molecule has 0 amide bonds. The molecule has 146 heavy (non-hydrogen) atoms. The van der Waals surface area contributed by atoms with Gasteiger partial charge in [-0.3, -0.25) is 0 Å². The molecule has 0 radical (unpaired) electrons. The highest BCUT2D eigenvalue weighted by atomic mass is 15.0. The van der Waals surface area contributed by atoms with Crippen molar-refractivity contribution >= 4 is 137 Å². The van der Waals surface area contributed by atoms with Crippen molar-refractivity contribution in [1.29, 1.82) is 31.6 Å². The summed E-state index contributed by atoms with van der Waals surface area (Å²) < 4.78 is 13.6. The predicted molar refractivity (Wildman–Crippen MR) is 593 cm³/mol. The van der Waals surface area contributed by atoms with Crippen LogP contribution in [0.15, 0.2) is 467 Å². The Labute approximate surface area is 838 Å². The summed E-state index contributed by atoms with van der Waals surface area (Å²) in [6.45, 7) is 7.62. The molecule has 0 unspecified atom stereocenters. The summed E-state index contributed by atoms with van der Waals surface area (Å²) in [5.41, 5.74) is 36.3. The number of hydrogen-bond donors (Lipinski definition) is 0. The number of aromatic nitrogens is 6. The quantitative estimate of drug-likeness (QED) is 0.110. The van der Waals surface area contributed by atoms with E-state index >= 15 is 0 Å². The van der Waals surface area contributed by atoms with Crippen LogP contribution in [0.5, 0.6) is 0 Å². The van der Waals surface area contributed by atoms with E-state index in [2.05, 4.69) is 402 Å². The SMILES string of the molecule is N#Cc1ccc(-n2c3ccccc3c3c(-c4ccccc4-c4ccccc4-n4c5ccccc5c5cc(C#N)ccc54)cccc32)cc1.N#Cc1ccc2c(c1)c1ccccc1n2-c1ccccc1-c1ccccc1-c1cccc2c1c1cc(C#N)ccc1n2-c1ccccc1C#N.[C-]#[N+]c1cccc(-n2c3ccccc3c3c(-c4ccccc4-c4ccccc4-n4c5ccccc5c5cc(C#N)ccc54)cccc32)c1. The van der Waals surface area contributed by atoms with Gasteiger partial charge in [-0.25, -0.2) is 4.85 Å². The van der Waals surface area contributed by atoms with Crippen molar-refractivity contribution < 1.29 is 0 Å². The highest BCUT2D eigenvalue weighted by Gasteiger charge is 2.28. The van der Waals surface area contributed by atoms with Crippen LogP contribution < -0.4 is 0 Å². The molecule has 0 atom stereocenters. The van der Waals surface area contributed by atoms with Crippen molar-refractivity contribution in [3.8, 4) is 137 Å². The van der Waals surface area contributed by atoms with E-state index in [1.54, 1.807) is 0 Å². The van der Waals surface area contributed by atoms with Crippen LogP contribution in [0.3, 0.4) is 0 Å². The van der Waals surface area contributed by atoms with Crippen LogP contribution in [0.2, 0.25) is 0 Å². The van der Waals surface area contributed by atoms with Gasteiger partial charge in [0.15, 0.2) is 5.69 Å². The number of hydrogen-bond acceptors (Lipinski definition) is 6. The van der Waals surface area contributed by atoms with E-state index in [9.17, 15) is 31.6 Å². The molecule has 6 heterocycles. The van der Waals surface area contributed by atoms with Crippen LogP contribution in [0.1, 0.15) is 33.4 Å². The maximum absolute atomic E-state index is 10.1. The van der Waals surface area contributed by atoms with Gasteiger partial charge in [-0.15, -0.1) is 0 Å². The van der Waals surface area contributed by atoms with Gasteiger partial charge in [0, 0.05) is 92.7 Å². The monoisotopic (exact) mass is 1860 g/mol. The molecular formula is C133H77N13. The van der Waals surface area contributed by atoms with Gasteiger partial charge in [0.1, 0.15) is 6.07 Å². The number of benzene rings is 21. The molecule has 0 spiro atoms. The largest absolute Gasteiger partial charge is 0.310 e. The molecule has 27 rings (SSSR count). The predicted octanol–water partition coefficient (Wildman–Crippen LogP) is 33.4. The third kappa shape index (κ3) is 14.2. The second kappa shape index (κ2) is 36.0. The zero-order valence-corrected chi connectivity index (χ0v) is 78.3. The van der Waals surface area contributed by atoms with Crippen molar-refractivity contribution in [2.45, 2.75) is 0 Å². The first kappa shape index (κ1) is 86.4. The lowest BCUT2D eigenvalue weighted by molar-refractivity contribution is 1.17. The van der Waals surface area contributed by atoms with Crippen LogP contribution in [0, 0.1) is 74.6 Å². The van der Waals surface area contributed by atoms with Gasteiger partial charge >= 0.3 is 0 Å². The molecule has 674 valence electrons. The Kier molecular flexibility index (Phi) is 21.3. The van der Waals surface area contributed by atoms with Gasteiger partial charge in [-0.05, 0) is 238 Å². The third-order valence-electron chi connectivity index (χ3n) is 28.4. The van der Waals surface area contributed by atoms with Crippen molar-refractivity contribution in [1.82, 2.24) is 27.4 Å². The lowest BCUT2D eigenvalue weighted by atomic mass is 9.91. The minimum atomic E-state index is 0.573. The lowest BCUT2D eigenvalue weighted by Crippen LogP contribution is -1.98. The Balaban J connectivity index is 0.000000114. The van der Waals surface area contributed by atoms with E-state index in [1.807, 2.05) is 133 Å². The van der Waals surface area contributed by atoms with Gasteiger partial charge in [-0.2, -0.15) is 31.6 Å². The molecule has 27 aromatic rings. The number of nitriles is 6. The molecular weight excluding hydrogens is 1780 g/mol. The second-order valence-corrected chi connectivity index (χ2v) is 36.2. The Morgan fingerprint density at radius 2 is 0.418 bits per heavy atom. The summed E-state index contributed by atoms with van der Waals surface area (Å²) in [5, 5.41) is 71.6. The second-order valence-electron chi connectivity index (χ2n) is 36.2. The average molecular weight is 1860 g/mol. The van der Waals surface area contributed by atoms with Gasteiger partial charge in [0.25, 0.3) is 0 Å². The standard InChI is InChI=1S/C45H25N5.2C44H26N4/c46-26-29-20-22-42-37(24-29)35-14-5-8-18-41(35)50(42)40-17-7-4-13-34(40)32-11-2-3-12-33(32)36-15-9-19-44-45(36)38-25-30(27-47)21-23-43(38)49(44)39-16-6-1-10-31(39)28-48;1-46-30-12-10-13-31(27-30)47-41-22-9-6-18-37(41)44-36(19-11-23-43(44)47)33-15-3-2-14-32(33)34-16-4-7-20-39(34)48-40-21-8-5-17-35(40)38-26-29(28-45)24-25-42(38)48;45-27-29-20-23-31(24-21-29)47-41-18-8-5-14-37(41)44-36(15-9-19-43(44)47)33-11-2-1-10-32(33)34-12-3-6-16-39(34)48-40-17-7-4-13-35(40)38-26-30(28-46)22-25-42(38)48/h1-25H;2-27H;1-26H. The van der Waals surface area contributed by atoms with Crippen molar-refractivity contribution in [2.75, 3.05) is 0 Å². The Morgan fingerprint density at radius 1 is 0.164 bits per heavy atom. The molecule has 0 bridgehead atoms. The molecule has 0 N–H and O–H groups in total. The van der Waals surface area contributed by atoms with E-state index in [4.69, 9.17) is 6.57 Å². The zero-order valence-electron chi connectivity index (χ0n) is 78.3. The minimum Gasteiger partial charge on any atom is -0.310 e. The fourth-order valence-corrected chi connectivity index (χ4v) is 22.3. The molecule has 0 saturated carbocycles. The summed E-state index contributed by atoms with van der Waals surface area (Å²) in [7, 11) is 0. The molecule has 13 heteroatoms. The third-order valence-corrected chi connectivity index (χ3v) is 28.4. The van der Waals surface area contributed by atoms with E-state index in [-0.39, 0.29) is 0 Å².